The van der Waals surface area contributed by atoms with Crippen molar-refractivity contribution in [3.63, 3.8) is 0 Å². The summed E-state index contributed by atoms with van der Waals surface area (Å²) in [6.45, 7) is 0.821. The summed E-state index contributed by atoms with van der Waals surface area (Å²) in [7, 11) is 0. The predicted molar refractivity (Wildman–Crippen MR) is 66.2 cm³/mol. The van der Waals surface area contributed by atoms with Crippen molar-refractivity contribution in [2.75, 3.05) is 6.61 Å². The lowest BCUT2D eigenvalue weighted by atomic mass is 9.99. The predicted octanol–water partition coefficient (Wildman–Crippen LogP) is 2.79. The first-order valence-electron chi connectivity index (χ1n) is 6.47. The van der Waals surface area contributed by atoms with Crippen LogP contribution in [0.2, 0.25) is 0 Å². The molecule has 1 aromatic carbocycles. The molecule has 2 atom stereocenters. The van der Waals surface area contributed by atoms with Gasteiger partial charge in [0.05, 0.1) is 6.10 Å². The Morgan fingerprint density at radius 3 is 2.67 bits per heavy atom. The van der Waals surface area contributed by atoms with Crippen LogP contribution in [0.15, 0.2) is 18.2 Å². The molecule has 18 heavy (non-hydrogen) atoms. The standard InChI is InChI=1S/C14H19F2NO/c15-13-4-1-5-14(16)12(13)9-10(17)6-7-11-3-2-8-18-11/h1,4-5,10-11H,2-3,6-9,17H2. The molecular formula is C14H19F2NO. The lowest BCUT2D eigenvalue weighted by Gasteiger charge is -2.15. The maximum absolute atomic E-state index is 13.4. The van der Waals surface area contributed by atoms with Gasteiger partial charge in [-0.15, -0.1) is 0 Å². The molecule has 1 saturated heterocycles. The minimum atomic E-state index is -0.512. The van der Waals surface area contributed by atoms with E-state index in [1.54, 1.807) is 0 Å². The molecule has 2 nitrogen and oxygen atoms in total. The Hall–Kier alpha value is -1.00. The average molecular weight is 255 g/mol. The van der Waals surface area contributed by atoms with Crippen LogP contribution in [0.3, 0.4) is 0 Å². The highest BCUT2D eigenvalue weighted by Gasteiger charge is 2.18. The fourth-order valence-electron chi connectivity index (χ4n) is 2.36. The molecular weight excluding hydrogens is 236 g/mol. The highest BCUT2D eigenvalue weighted by molar-refractivity contribution is 5.20. The Morgan fingerprint density at radius 2 is 2.06 bits per heavy atom. The van der Waals surface area contributed by atoms with E-state index < -0.39 is 11.6 Å². The molecule has 0 saturated carbocycles. The molecule has 2 unspecified atom stereocenters. The molecule has 2 N–H and O–H groups in total. The SMILES string of the molecule is NC(CCC1CCCO1)Cc1c(F)cccc1F. The zero-order valence-electron chi connectivity index (χ0n) is 10.4. The molecule has 4 heteroatoms. The first kappa shape index (κ1) is 13.4. The van der Waals surface area contributed by atoms with E-state index in [9.17, 15) is 8.78 Å². The van der Waals surface area contributed by atoms with E-state index in [4.69, 9.17) is 10.5 Å². The molecule has 1 fully saturated rings. The van der Waals surface area contributed by atoms with Gasteiger partial charge in [0, 0.05) is 18.2 Å². The van der Waals surface area contributed by atoms with E-state index in [0.717, 1.165) is 32.3 Å². The Morgan fingerprint density at radius 1 is 1.33 bits per heavy atom. The molecule has 100 valence electrons. The van der Waals surface area contributed by atoms with E-state index in [2.05, 4.69) is 0 Å². The van der Waals surface area contributed by atoms with Gasteiger partial charge in [0.2, 0.25) is 0 Å². The van der Waals surface area contributed by atoms with Crippen molar-refractivity contribution >= 4 is 0 Å². The van der Waals surface area contributed by atoms with Crippen molar-refractivity contribution in [1.29, 1.82) is 0 Å². The van der Waals surface area contributed by atoms with E-state index in [1.807, 2.05) is 0 Å². The Bertz CT molecular complexity index is 371. The van der Waals surface area contributed by atoms with Gasteiger partial charge in [-0.25, -0.2) is 8.78 Å². The number of hydrogen-bond donors (Lipinski definition) is 1. The maximum atomic E-state index is 13.4. The van der Waals surface area contributed by atoms with Crippen LogP contribution in [0.4, 0.5) is 8.78 Å². The fourth-order valence-corrected chi connectivity index (χ4v) is 2.36. The van der Waals surface area contributed by atoms with Gasteiger partial charge in [0.25, 0.3) is 0 Å². The van der Waals surface area contributed by atoms with Crippen molar-refractivity contribution in [2.24, 2.45) is 5.73 Å². The van der Waals surface area contributed by atoms with Gasteiger partial charge in [0.1, 0.15) is 11.6 Å². The number of rotatable bonds is 5. The minimum absolute atomic E-state index is 0.0948. The van der Waals surface area contributed by atoms with Gasteiger partial charge in [-0.2, -0.15) is 0 Å². The summed E-state index contributed by atoms with van der Waals surface area (Å²) in [6.07, 6.45) is 4.30. The van der Waals surface area contributed by atoms with Crippen LogP contribution in [-0.2, 0) is 11.2 Å². The first-order valence-corrected chi connectivity index (χ1v) is 6.47. The summed E-state index contributed by atoms with van der Waals surface area (Å²) >= 11 is 0. The summed E-state index contributed by atoms with van der Waals surface area (Å²) in [5.74, 6) is -1.02. The molecule has 1 aliphatic rings. The summed E-state index contributed by atoms with van der Waals surface area (Å²) in [4.78, 5) is 0. The largest absolute Gasteiger partial charge is 0.378 e. The fraction of sp³-hybridized carbons (Fsp3) is 0.571. The van der Waals surface area contributed by atoms with Crippen LogP contribution < -0.4 is 5.73 Å². The van der Waals surface area contributed by atoms with E-state index in [1.165, 1.54) is 18.2 Å². The topological polar surface area (TPSA) is 35.2 Å². The lowest BCUT2D eigenvalue weighted by Crippen LogP contribution is -2.25. The van der Waals surface area contributed by atoms with E-state index >= 15 is 0 Å². The maximum Gasteiger partial charge on any atom is 0.129 e. The molecule has 1 aliphatic heterocycles. The molecule has 0 spiro atoms. The Labute approximate surface area is 106 Å². The quantitative estimate of drug-likeness (QED) is 0.878. The number of halogens is 2. The normalized spacial score (nSPS) is 21.2. The van der Waals surface area contributed by atoms with Crippen LogP contribution in [0, 0.1) is 11.6 Å². The van der Waals surface area contributed by atoms with Crippen molar-refractivity contribution in [3.8, 4) is 0 Å². The van der Waals surface area contributed by atoms with Crippen LogP contribution in [0.25, 0.3) is 0 Å². The molecule has 0 bridgehead atoms. The van der Waals surface area contributed by atoms with Gasteiger partial charge < -0.3 is 10.5 Å². The second kappa shape index (κ2) is 6.25. The minimum Gasteiger partial charge on any atom is -0.378 e. The molecule has 2 rings (SSSR count). The first-order chi connectivity index (χ1) is 8.66. The van der Waals surface area contributed by atoms with Crippen LogP contribution in [0.5, 0.6) is 0 Å². The van der Waals surface area contributed by atoms with Crippen LogP contribution in [0.1, 0.15) is 31.2 Å². The van der Waals surface area contributed by atoms with Crippen LogP contribution in [-0.4, -0.2) is 18.8 Å². The third kappa shape index (κ3) is 3.50. The monoisotopic (exact) mass is 255 g/mol. The smallest absolute Gasteiger partial charge is 0.129 e. The van der Waals surface area contributed by atoms with Gasteiger partial charge in [0.15, 0.2) is 0 Å². The van der Waals surface area contributed by atoms with Crippen molar-refractivity contribution in [1.82, 2.24) is 0 Å². The summed E-state index contributed by atoms with van der Waals surface area (Å²) < 4.78 is 32.4. The van der Waals surface area contributed by atoms with E-state index in [0.29, 0.717) is 0 Å². The number of hydrogen-bond acceptors (Lipinski definition) is 2. The number of ether oxygens (including phenoxy) is 1. The molecule has 0 radical (unpaired) electrons. The highest BCUT2D eigenvalue weighted by atomic mass is 19.1. The van der Waals surface area contributed by atoms with Crippen LogP contribution >= 0.6 is 0 Å². The molecule has 0 amide bonds. The Balaban J connectivity index is 1.84. The highest BCUT2D eigenvalue weighted by Crippen LogP contribution is 2.19. The zero-order valence-corrected chi connectivity index (χ0v) is 10.4. The van der Waals surface area contributed by atoms with Gasteiger partial charge in [-0.05, 0) is 44.2 Å². The zero-order chi connectivity index (χ0) is 13.0. The van der Waals surface area contributed by atoms with Gasteiger partial charge >= 0.3 is 0 Å². The molecule has 1 heterocycles. The van der Waals surface area contributed by atoms with Crippen molar-refractivity contribution < 1.29 is 13.5 Å². The molecule has 0 aliphatic carbocycles. The van der Waals surface area contributed by atoms with Crippen molar-refractivity contribution in [2.45, 2.75) is 44.2 Å². The lowest BCUT2D eigenvalue weighted by molar-refractivity contribution is 0.101. The second-order valence-corrected chi connectivity index (χ2v) is 4.88. The number of benzene rings is 1. The third-order valence-corrected chi connectivity index (χ3v) is 3.41. The van der Waals surface area contributed by atoms with Crippen molar-refractivity contribution in [3.05, 3.63) is 35.4 Å². The van der Waals surface area contributed by atoms with Gasteiger partial charge in [-0.3, -0.25) is 0 Å². The molecule has 0 aromatic heterocycles. The summed E-state index contributed by atoms with van der Waals surface area (Å²) in [5.41, 5.74) is 6.03. The average Bonchev–Trinajstić information content (AvgIpc) is 2.84. The second-order valence-electron chi connectivity index (χ2n) is 4.88. The Kier molecular flexibility index (Phi) is 4.66. The van der Waals surface area contributed by atoms with E-state index in [-0.39, 0.29) is 24.1 Å². The summed E-state index contributed by atoms with van der Waals surface area (Å²) in [5, 5.41) is 0. The number of nitrogens with two attached hydrogens (primary N) is 1. The summed E-state index contributed by atoms with van der Waals surface area (Å²) in [6, 6.07) is 3.68. The molecule has 1 aromatic rings. The third-order valence-electron chi connectivity index (χ3n) is 3.41. The van der Waals surface area contributed by atoms with Gasteiger partial charge in [-0.1, -0.05) is 6.07 Å².